The van der Waals surface area contributed by atoms with Gasteiger partial charge in [0.05, 0.1) is 18.0 Å². The second-order valence-electron chi connectivity index (χ2n) is 4.24. The summed E-state index contributed by atoms with van der Waals surface area (Å²) in [6.07, 6.45) is 3.64. The Morgan fingerprint density at radius 1 is 1.56 bits per heavy atom. The summed E-state index contributed by atoms with van der Waals surface area (Å²) in [6.45, 7) is 3.63. The van der Waals surface area contributed by atoms with Crippen LogP contribution in [-0.4, -0.2) is 38.9 Å². The molecule has 0 bridgehead atoms. The Hall–Kier alpha value is -1.14. The lowest BCUT2D eigenvalue weighted by Gasteiger charge is -2.29. The third-order valence-corrected chi connectivity index (χ3v) is 3.80. The molecule has 1 N–H and O–H groups in total. The van der Waals surface area contributed by atoms with Crippen molar-refractivity contribution in [3.63, 3.8) is 0 Å². The average Bonchev–Trinajstić information content (AvgIpc) is 2.74. The van der Waals surface area contributed by atoms with E-state index < -0.39 is 0 Å². The van der Waals surface area contributed by atoms with Crippen LogP contribution in [0.15, 0.2) is 6.20 Å². The quantitative estimate of drug-likeness (QED) is 0.807. The Kier molecular flexibility index (Phi) is 2.33. The molecule has 0 aliphatic carbocycles. The lowest BCUT2D eigenvalue weighted by atomic mass is 10.1. The summed E-state index contributed by atoms with van der Waals surface area (Å²) in [5, 5.41) is 15.1. The van der Waals surface area contributed by atoms with Crippen LogP contribution in [0.3, 0.4) is 0 Å². The first-order chi connectivity index (χ1) is 7.72. The molecule has 0 spiro atoms. The second-order valence-corrected chi connectivity index (χ2v) is 5.17. The highest BCUT2D eigenvalue weighted by molar-refractivity contribution is 7.20. The topological polar surface area (TPSA) is 53.7 Å². The SMILES string of the molecule is Cc1cn2nc(N3CCC[C@H](O)C3)sc2n1. The predicted octanol–water partition coefficient (Wildman–Crippen LogP) is 1.06. The van der Waals surface area contributed by atoms with Gasteiger partial charge in [0.15, 0.2) is 0 Å². The zero-order chi connectivity index (χ0) is 11.1. The molecule has 1 fully saturated rings. The number of fused-ring (bicyclic) bond motifs is 1. The standard InChI is InChI=1S/C10H14N4OS/c1-7-5-14-9(11-7)16-10(12-14)13-4-2-3-8(15)6-13/h5,8,15H,2-4,6H2,1H3/t8-/m0/s1. The van der Waals surface area contributed by atoms with Crippen LogP contribution in [-0.2, 0) is 0 Å². The molecule has 16 heavy (non-hydrogen) atoms. The van der Waals surface area contributed by atoms with E-state index in [9.17, 15) is 5.11 Å². The van der Waals surface area contributed by atoms with Crippen LogP contribution in [0, 0.1) is 6.92 Å². The fourth-order valence-electron chi connectivity index (χ4n) is 2.05. The lowest BCUT2D eigenvalue weighted by Crippen LogP contribution is -2.38. The molecule has 0 aromatic carbocycles. The van der Waals surface area contributed by atoms with Gasteiger partial charge in [-0.15, -0.1) is 5.10 Å². The molecule has 1 aliphatic rings. The second kappa shape index (κ2) is 3.71. The number of β-amino-alcohol motifs (C(OH)–C–C–N with tert-alkyl or cyclic N) is 1. The van der Waals surface area contributed by atoms with Crippen LogP contribution in [0.1, 0.15) is 18.5 Å². The number of aliphatic hydroxyl groups is 1. The van der Waals surface area contributed by atoms with Gasteiger partial charge in [-0.2, -0.15) is 0 Å². The number of nitrogens with zero attached hydrogens (tertiary/aromatic N) is 4. The van der Waals surface area contributed by atoms with Gasteiger partial charge >= 0.3 is 0 Å². The zero-order valence-corrected chi connectivity index (χ0v) is 9.94. The molecule has 2 aromatic heterocycles. The fraction of sp³-hybridized carbons (Fsp3) is 0.600. The molecule has 1 aliphatic heterocycles. The van der Waals surface area contributed by atoms with Gasteiger partial charge in [0.1, 0.15) is 0 Å². The first-order valence-electron chi connectivity index (χ1n) is 5.48. The molecule has 5 nitrogen and oxygen atoms in total. The summed E-state index contributed by atoms with van der Waals surface area (Å²) in [4.78, 5) is 7.44. The number of hydrogen-bond donors (Lipinski definition) is 1. The van der Waals surface area contributed by atoms with Crippen LogP contribution in [0.25, 0.3) is 4.96 Å². The van der Waals surface area contributed by atoms with E-state index in [0.29, 0.717) is 6.54 Å². The Bertz CT molecular complexity index is 474. The van der Waals surface area contributed by atoms with Crippen molar-refractivity contribution >= 4 is 21.4 Å². The van der Waals surface area contributed by atoms with E-state index in [1.165, 1.54) is 0 Å². The number of anilines is 1. The van der Waals surface area contributed by atoms with Crippen LogP contribution in [0.4, 0.5) is 5.13 Å². The van der Waals surface area contributed by atoms with Crippen molar-refractivity contribution in [3.05, 3.63) is 11.9 Å². The number of hydrogen-bond acceptors (Lipinski definition) is 5. The molecule has 2 aromatic rings. The van der Waals surface area contributed by atoms with E-state index in [4.69, 9.17) is 0 Å². The minimum atomic E-state index is -0.216. The molecule has 1 saturated heterocycles. The maximum atomic E-state index is 9.62. The molecule has 86 valence electrons. The minimum Gasteiger partial charge on any atom is -0.391 e. The van der Waals surface area contributed by atoms with Crippen LogP contribution < -0.4 is 4.90 Å². The van der Waals surface area contributed by atoms with Crippen molar-refractivity contribution in [1.29, 1.82) is 0 Å². The van der Waals surface area contributed by atoms with Gasteiger partial charge in [0.2, 0.25) is 10.1 Å². The Morgan fingerprint density at radius 3 is 3.19 bits per heavy atom. The van der Waals surface area contributed by atoms with Gasteiger partial charge in [-0.25, -0.2) is 9.50 Å². The Morgan fingerprint density at radius 2 is 2.44 bits per heavy atom. The van der Waals surface area contributed by atoms with Crippen molar-refractivity contribution in [1.82, 2.24) is 14.6 Å². The number of rotatable bonds is 1. The Labute approximate surface area is 97.3 Å². The number of piperidine rings is 1. The van der Waals surface area contributed by atoms with E-state index >= 15 is 0 Å². The highest BCUT2D eigenvalue weighted by Gasteiger charge is 2.21. The number of imidazole rings is 1. The highest BCUT2D eigenvalue weighted by Crippen LogP contribution is 2.25. The molecule has 0 amide bonds. The average molecular weight is 238 g/mol. The largest absolute Gasteiger partial charge is 0.391 e. The molecule has 0 unspecified atom stereocenters. The third-order valence-electron chi connectivity index (χ3n) is 2.82. The van der Waals surface area contributed by atoms with Crippen LogP contribution >= 0.6 is 11.3 Å². The molecule has 0 radical (unpaired) electrons. The number of aryl methyl sites for hydroxylation is 1. The third kappa shape index (κ3) is 1.68. The number of aromatic nitrogens is 3. The maximum Gasteiger partial charge on any atom is 0.214 e. The molecular formula is C10H14N4OS. The van der Waals surface area contributed by atoms with Crippen molar-refractivity contribution in [3.8, 4) is 0 Å². The molecule has 6 heteroatoms. The van der Waals surface area contributed by atoms with E-state index in [-0.39, 0.29) is 6.10 Å². The van der Waals surface area contributed by atoms with Crippen molar-refractivity contribution in [2.45, 2.75) is 25.9 Å². The van der Waals surface area contributed by atoms with E-state index in [2.05, 4.69) is 15.0 Å². The summed E-state index contributed by atoms with van der Waals surface area (Å²) in [7, 11) is 0. The monoisotopic (exact) mass is 238 g/mol. The van der Waals surface area contributed by atoms with Crippen molar-refractivity contribution in [2.24, 2.45) is 0 Å². The Balaban J connectivity index is 1.90. The first kappa shape index (κ1) is 10.0. The normalized spacial score (nSPS) is 21.9. The van der Waals surface area contributed by atoms with Gasteiger partial charge < -0.3 is 10.0 Å². The fourth-order valence-corrected chi connectivity index (χ4v) is 3.02. The van der Waals surface area contributed by atoms with Gasteiger partial charge in [0, 0.05) is 13.1 Å². The van der Waals surface area contributed by atoms with E-state index in [1.54, 1.807) is 11.3 Å². The maximum absolute atomic E-state index is 9.62. The van der Waals surface area contributed by atoms with E-state index in [0.717, 1.165) is 35.2 Å². The summed E-state index contributed by atoms with van der Waals surface area (Å²) in [5.41, 5.74) is 0.990. The van der Waals surface area contributed by atoms with Crippen molar-refractivity contribution in [2.75, 3.05) is 18.0 Å². The molecular weight excluding hydrogens is 224 g/mol. The van der Waals surface area contributed by atoms with Crippen LogP contribution in [0.2, 0.25) is 0 Å². The van der Waals surface area contributed by atoms with Gasteiger partial charge in [-0.05, 0) is 19.8 Å². The predicted molar refractivity (Wildman–Crippen MR) is 63.1 cm³/mol. The molecule has 1 atom stereocenters. The van der Waals surface area contributed by atoms with Gasteiger partial charge in [-0.1, -0.05) is 11.3 Å². The summed E-state index contributed by atoms with van der Waals surface area (Å²) < 4.78 is 1.82. The molecule has 3 heterocycles. The van der Waals surface area contributed by atoms with Crippen LogP contribution in [0.5, 0.6) is 0 Å². The van der Waals surface area contributed by atoms with E-state index in [1.807, 2.05) is 17.6 Å². The summed E-state index contributed by atoms with van der Waals surface area (Å²) in [6, 6.07) is 0. The first-order valence-corrected chi connectivity index (χ1v) is 6.30. The highest BCUT2D eigenvalue weighted by atomic mass is 32.1. The summed E-state index contributed by atoms with van der Waals surface area (Å²) in [5.74, 6) is 0. The van der Waals surface area contributed by atoms with Gasteiger partial charge in [-0.3, -0.25) is 0 Å². The number of aliphatic hydroxyl groups excluding tert-OH is 1. The minimum absolute atomic E-state index is 0.216. The molecule has 0 saturated carbocycles. The van der Waals surface area contributed by atoms with Crippen molar-refractivity contribution < 1.29 is 5.11 Å². The lowest BCUT2D eigenvalue weighted by molar-refractivity contribution is 0.154. The summed E-state index contributed by atoms with van der Waals surface area (Å²) >= 11 is 1.58. The smallest absolute Gasteiger partial charge is 0.214 e. The molecule has 3 rings (SSSR count). The van der Waals surface area contributed by atoms with Gasteiger partial charge in [0.25, 0.3) is 0 Å². The zero-order valence-electron chi connectivity index (χ0n) is 9.13.